The number of halogens is 3. The Balaban J connectivity index is 1.33. The van der Waals surface area contributed by atoms with Gasteiger partial charge in [0.25, 0.3) is 0 Å². The molecule has 1 saturated heterocycles. The van der Waals surface area contributed by atoms with Crippen LogP contribution >= 0.6 is 0 Å². The number of nitrogens with two attached hydrogens (primary N) is 1. The zero-order valence-electron chi connectivity index (χ0n) is 21.8. The van der Waals surface area contributed by atoms with E-state index in [0.717, 1.165) is 38.4 Å². The lowest BCUT2D eigenvalue weighted by molar-refractivity contribution is -0.119. The van der Waals surface area contributed by atoms with Crippen LogP contribution in [0.5, 0.6) is 0 Å². The van der Waals surface area contributed by atoms with Gasteiger partial charge < -0.3 is 15.8 Å². The van der Waals surface area contributed by atoms with Crippen molar-refractivity contribution in [2.24, 2.45) is 5.73 Å². The highest BCUT2D eigenvalue weighted by Crippen LogP contribution is 2.36. The van der Waals surface area contributed by atoms with Gasteiger partial charge in [-0.15, -0.1) is 0 Å². The van der Waals surface area contributed by atoms with E-state index in [1.807, 2.05) is 0 Å². The van der Waals surface area contributed by atoms with E-state index in [1.54, 1.807) is 24.3 Å². The fraction of sp³-hybridized carbons (Fsp3) is 0.419. The van der Waals surface area contributed by atoms with Gasteiger partial charge in [0.15, 0.2) is 5.78 Å². The summed E-state index contributed by atoms with van der Waals surface area (Å²) < 4.78 is 49.2. The van der Waals surface area contributed by atoms with Crippen molar-refractivity contribution in [3.05, 3.63) is 101 Å². The minimum atomic E-state index is -1.07. The van der Waals surface area contributed by atoms with Gasteiger partial charge in [-0.1, -0.05) is 37.1 Å². The Morgan fingerprint density at radius 3 is 2.56 bits per heavy atom. The van der Waals surface area contributed by atoms with E-state index < -0.39 is 29.4 Å². The van der Waals surface area contributed by atoms with Crippen molar-refractivity contribution in [2.75, 3.05) is 13.1 Å². The summed E-state index contributed by atoms with van der Waals surface area (Å²) in [5.74, 6) is -2.41. The van der Waals surface area contributed by atoms with E-state index in [1.165, 1.54) is 30.5 Å². The monoisotopic (exact) mass is 537 g/mol. The zero-order valence-corrected chi connectivity index (χ0v) is 21.8. The van der Waals surface area contributed by atoms with Gasteiger partial charge in [0, 0.05) is 31.6 Å². The minimum Gasteiger partial charge on any atom is -0.369 e. The largest absolute Gasteiger partial charge is 0.369 e. The Bertz CT molecular complexity index is 1290. The van der Waals surface area contributed by atoms with Crippen molar-refractivity contribution in [2.45, 2.75) is 68.6 Å². The molecular formula is C31H34F3N3O2. The van der Waals surface area contributed by atoms with E-state index in [-0.39, 0.29) is 23.9 Å². The molecule has 206 valence electrons. The zero-order chi connectivity index (χ0) is 27.4. The van der Waals surface area contributed by atoms with Crippen LogP contribution in [0.25, 0.3) is 0 Å². The van der Waals surface area contributed by atoms with Gasteiger partial charge in [0.1, 0.15) is 17.5 Å². The number of hydrogen-bond acceptors (Lipinski definition) is 5. The molecule has 3 N–H and O–H groups in total. The maximum Gasteiger partial charge on any atom is 0.154 e. The van der Waals surface area contributed by atoms with E-state index in [0.29, 0.717) is 41.6 Å². The standard InChI is InChI=1S/C31H34F3N3O2/c32-23-8-6-20(7-9-23)29(21-4-3-5-24(33)14-21)30(35)28(38)15-22-16-36-18-27(34)26(22)11-10-25-17-37-19-31(39-25)12-1-2-13-31/h3-9,14,16,18,25,29-30,37H,1-2,10-13,15,17,19,35H2/t25-,29+,30-/m1/s1. The number of hydrogen-bond donors (Lipinski definition) is 2. The number of morpholine rings is 1. The third-order valence-corrected chi connectivity index (χ3v) is 8.09. The Morgan fingerprint density at radius 2 is 1.82 bits per heavy atom. The van der Waals surface area contributed by atoms with Gasteiger partial charge in [-0.3, -0.25) is 9.78 Å². The number of aromatic nitrogens is 1. The molecule has 1 spiro atoms. The number of nitrogens with one attached hydrogen (secondary N) is 1. The molecule has 1 aliphatic heterocycles. The molecule has 2 aromatic carbocycles. The molecule has 0 radical (unpaired) electrons. The normalized spacial score (nSPS) is 20.2. The van der Waals surface area contributed by atoms with Gasteiger partial charge in [-0.2, -0.15) is 0 Å². The first-order valence-electron chi connectivity index (χ1n) is 13.6. The number of benzene rings is 2. The summed E-state index contributed by atoms with van der Waals surface area (Å²) in [7, 11) is 0. The maximum atomic E-state index is 15.0. The van der Waals surface area contributed by atoms with Gasteiger partial charge in [0.2, 0.25) is 0 Å². The number of pyridine rings is 1. The fourth-order valence-corrected chi connectivity index (χ4v) is 6.08. The van der Waals surface area contributed by atoms with Gasteiger partial charge >= 0.3 is 0 Å². The second kappa shape index (κ2) is 12.0. The first kappa shape index (κ1) is 27.5. The maximum absolute atomic E-state index is 15.0. The fourth-order valence-electron chi connectivity index (χ4n) is 6.08. The summed E-state index contributed by atoms with van der Waals surface area (Å²) in [6, 6.07) is 10.5. The van der Waals surface area contributed by atoms with Crippen molar-refractivity contribution < 1.29 is 22.7 Å². The summed E-state index contributed by atoms with van der Waals surface area (Å²) in [4.78, 5) is 17.5. The van der Waals surface area contributed by atoms with Crippen molar-refractivity contribution in [1.29, 1.82) is 0 Å². The van der Waals surface area contributed by atoms with Crippen molar-refractivity contribution >= 4 is 5.78 Å². The number of carbonyl (C=O) groups excluding carboxylic acids is 1. The van der Waals surface area contributed by atoms with E-state index >= 15 is 0 Å². The van der Waals surface area contributed by atoms with Crippen molar-refractivity contribution in [1.82, 2.24) is 10.3 Å². The minimum absolute atomic E-state index is 0.0361. The molecule has 0 bridgehead atoms. The van der Waals surface area contributed by atoms with Crippen LogP contribution < -0.4 is 11.1 Å². The molecule has 5 rings (SSSR count). The predicted octanol–water partition coefficient (Wildman–Crippen LogP) is 5.00. The average molecular weight is 538 g/mol. The van der Waals surface area contributed by atoms with Crippen LogP contribution in [-0.4, -0.2) is 41.6 Å². The summed E-state index contributed by atoms with van der Waals surface area (Å²) in [6.45, 7) is 1.56. The highest BCUT2D eigenvalue weighted by atomic mass is 19.1. The van der Waals surface area contributed by atoms with Crippen LogP contribution in [0.4, 0.5) is 13.2 Å². The molecule has 0 unspecified atom stereocenters. The highest BCUT2D eigenvalue weighted by Gasteiger charge is 2.39. The van der Waals surface area contributed by atoms with Crippen LogP contribution in [-0.2, 0) is 22.4 Å². The molecule has 1 aliphatic carbocycles. The Hall–Kier alpha value is -3.07. The van der Waals surface area contributed by atoms with Gasteiger partial charge in [0.05, 0.1) is 23.9 Å². The molecule has 2 aliphatic rings. The van der Waals surface area contributed by atoms with E-state index in [9.17, 15) is 18.0 Å². The lowest BCUT2D eigenvalue weighted by atomic mass is 9.82. The first-order chi connectivity index (χ1) is 18.8. The summed E-state index contributed by atoms with van der Waals surface area (Å²) in [6.07, 6.45) is 7.93. The van der Waals surface area contributed by atoms with Crippen LogP contribution in [0, 0.1) is 17.5 Å². The highest BCUT2D eigenvalue weighted by molar-refractivity contribution is 5.87. The number of carbonyl (C=O) groups is 1. The Kier molecular flexibility index (Phi) is 8.45. The molecular weight excluding hydrogens is 503 g/mol. The first-order valence-corrected chi connectivity index (χ1v) is 13.6. The summed E-state index contributed by atoms with van der Waals surface area (Å²) >= 11 is 0. The average Bonchev–Trinajstić information content (AvgIpc) is 3.36. The Morgan fingerprint density at radius 1 is 1.05 bits per heavy atom. The lowest BCUT2D eigenvalue weighted by Crippen LogP contribution is -2.52. The molecule has 8 heteroatoms. The number of Topliss-reactive ketones (excluding diaryl/α,β-unsaturated/α-hetero) is 1. The second-order valence-electron chi connectivity index (χ2n) is 10.8. The number of ether oxygens (including phenoxy) is 1. The van der Waals surface area contributed by atoms with E-state index in [2.05, 4.69) is 10.3 Å². The molecule has 5 nitrogen and oxygen atoms in total. The Labute approximate surface area is 227 Å². The summed E-state index contributed by atoms with van der Waals surface area (Å²) in [5.41, 5.74) is 8.39. The van der Waals surface area contributed by atoms with Crippen LogP contribution in [0.1, 0.15) is 60.3 Å². The molecule has 3 aromatic rings. The number of nitrogens with zero attached hydrogens (tertiary/aromatic N) is 1. The van der Waals surface area contributed by atoms with E-state index in [4.69, 9.17) is 10.5 Å². The molecule has 2 heterocycles. The molecule has 2 fully saturated rings. The number of ketones is 1. The van der Waals surface area contributed by atoms with Crippen LogP contribution in [0.2, 0.25) is 0 Å². The molecule has 1 aromatic heterocycles. The lowest BCUT2D eigenvalue weighted by Gasteiger charge is -2.39. The molecule has 39 heavy (non-hydrogen) atoms. The smallest absolute Gasteiger partial charge is 0.154 e. The third kappa shape index (κ3) is 6.40. The molecule has 0 amide bonds. The van der Waals surface area contributed by atoms with Gasteiger partial charge in [-0.25, -0.2) is 13.2 Å². The van der Waals surface area contributed by atoms with Crippen LogP contribution in [0.15, 0.2) is 60.9 Å². The topological polar surface area (TPSA) is 77.2 Å². The van der Waals surface area contributed by atoms with Crippen molar-refractivity contribution in [3.8, 4) is 0 Å². The van der Waals surface area contributed by atoms with Crippen LogP contribution in [0.3, 0.4) is 0 Å². The molecule has 3 atom stereocenters. The summed E-state index contributed by atoms with van der Waals surface area (Å²) in [5, 5.41) is 3.48. The van der Waals surface area contributed by atoms with Gasteiger partial charge in [-0.05, 0) is 72.2 Å². The quantitative estimate of drug-likeness (QED) is 0.402. The molecule has 1 saturated carbocycles. The predicted molar refractivity (Wildman–Crippen MR) is 143 cm³/mol. The van der Waals surface area contributed by atoms with Crippen molar-refractivity contribution in [3.63, 3.8) is 0 Å². The second-order valence-corrected chi connectivity index (χ2v) is 10.8. The number of rotatable bonds is 9. The third-order valence-electron chi connectivity index (χ3n) is 8.09. The SMILES string of the molecule is N[C@H](C(=O)Cc1cncc(F)c1CC[C@@H]1CNCC2(CCCC2)O1)[C@@H](c1ccc(F)cc1)c1cccc(F)c1.